The number of rotatable bonds is 6. The molecular weight excluding hydrogens is 902 g/mol. The first-order valence-electron chi connectivity index (χ1n) is 20.6. The van der Waals surface area contributed by atoms with Gasteiger partial charge in [0.05, 0.1) is 22.3 Å². The first-order valence-corrected chi connectivity index (χ1v) is 23.3. The molecule has 340 valence electrons. The van der Waals surface area contributed by atoms with E-state index in [1.165, 1.54) is 48.5 Å². The molecule has 0 unspecified atom stereocenters. The molecule has 14 heteroatoms. The fraction of sp³-hybridized carbons (Fsp3) is 0.294. The number of alkyl halides is 12. The molecular formula is C51H42F12P2. The molecule has 8 rings (SSSR count). The van der Waals surface area contributed by atoms with E-state index >= 15 is 0 Å². The Morgan fingerprint density at radius 2 is 0.600 bits per heavy atom. The van der Waals surface area contributed by atoms with Gasteiger partial charge in [0, 0.05) is 5.41 Å². The monoisotopic (exact) mass is 944 g/mol. The molecule has 0 saturated heterocycles. The van der Waals surface area contributed by atoms with Crippen LogP contribution in [0.3, 0.4) is 0 Å². The molecule has 0 radical (unpaired) electrons. The van der Waals surface area contributed by atoms with Crippen molar-refractivity contribution >= 4 is 47.7 Å². The zero-order valence-corrected chi connectivity index (χ0v) is 37.7. The second-order valence-electron chi connectivity index (χ2n) is 18.5. The summed E-state index contributed by atoms with van der Waals surface area (Å²) in [5.41, 5.74) is -0.261. The van der Waals surface area contributed by atoms with Crippen LogP contribution in [0.2, 0.25) is 0 Å². The van der Waals surface area contributed by atoms with Crippen LogP contribution in [0, 0.1) is 13.8 Å². The van der Waals surface area contributed by atoms with Gasteiger partial charge in [0.1, 0.15) is 0 Å². The van der Waals surface area contributed by atoms with Gasteiger partial charge in [-0.15, -0.1) is 0 Å². The van der Waals surface area contributed by atoms with Crippen molar-refractivity contribution in [2.45, 2.75) is 95.3 Å². The first-order chi connectivity index (χ1) is 30.0. The van der Waals surface area contributed by atoms with Gasteiger partial charge in [-0.05, 0) is 156 Å². The van der Waals surface area contributed by atoms with E-state index in [2.05, 4.69) is 39.8 Å². The maximum absolute atomic E-state index is 14.0. The standard InChI is InChI=1S/C51H42F12P2/c1-29-23-39-43(41(25-29)64(35-15-7-31(8-16-35)48(52,53)54)36-17-9-32(10-18-36)49(55,56)57)47(27-45(39,3)4)28-46(5,6)40-24-30(2)26-42(44(40)47)65(37-19-11-33(12-20-37)50(58,59)60)38-21-13-34(14-22-38)51(61,62)63/h7-26H,27-28H2,1-6H3. The summed E-state index contributed by atoms with van der Waals surface area (Å²) < 4.78 is 168. The van der Waals surface area contributed by atoms with Crippen LogP contribution in [0.1, 0.15) is 96.2 Å². The van der Waals surface area contributed by atoms with Crippen LogP contribution >= 0.6 is 15.8 Å². The Kier molecular flexibility index (Phi) is 11.3. The number of fused-ring (bicyclic) bond motifs is 4. The van der Waals surface area contributed by atoms with E-state index in [0.29, 0.717) is 34.1 Å². The molecule has 0 amide bonds. The number of halogens is 12. The van der Waals surface area contributed by atoms with Crippen LogP contribution in [-0.4, -0.2) is 0 Å². The van der Waals surface area contributed by atoms with Gasteiger partial charge in [0.25, 0.3) is 0 Å². The van der Waals surface area contributed by atoms with Crippen molar-refractivity contribution in [3.63, 3.8) is 0 Å². The molecule has 2 aliphatic carbocycles. The predicted octanol–water partition coefficient (Wildman–Crippen LogP) is 13.5. The molecule has 0 aromatic heterocycles. The van der Waals surface area contributed by atoms with Crippen LogP contribution in [0.4, 0.5) is 52.7 Å². The highest BCUT2D eigenvalue weighted by atomic mass is 31.1. The van der Waals surface area contributed by atoms with Gasteiger partial charge in [-0.2, -0.15) is 52.7 Å². The van der Waals surface area contributed by atoms with Gasteiger partial charge in [-0.25, -0.2) is 0 Å². The average molecular weight is 945 g/mol. The minimum Gasteiger partial charge on any atom is -0.166 e. The molecule has 0 fully saturated rings. The highest BCUT2D eigenvalue weighted by Gasteiger charge is 2.59. The van der Waals surface area contributed by atoms with Gasteiger partial charge in [-0.1, -0.05) is 112 Å². The van der Waals surface area contributed by atoms with Crippen molar-refractivity contribution in [3.05, 3.63) is 177 Å². The molecule has 0 saturated carbocycles. The Hall–Kier alpha value is -4.66. The highest BCUT2D eigenvalue weighted by Crippen LogP contribution is 2.64. The summed E-state index contributed by atoms with van der Waals surface area (Å²) in [4.78, 5) is 0. The van der Waals surface area contributed by atoms with E-state index in [-0.39, 0.29) is 0 Å². The van der Waals surface area contributed by atoms with Crippen LogP contribution in [-0.2, 0) is 41.0 Å². The molecule has 0 N–H and O–H groups in total. The van der Waals surface area contributed by atoms with Crippen LogP contribution in [0.15, 0.2) is 121 Å². The normalized spacial score (nSPS) is 16.7. The van der Waals surface area contributed by atoms with E-state index in [1.807, 2.05) is 26.0 Å². The van der Waals surface area contributed by atoms with E-state index in [4.69, 9.17) is 0 Å². The van der Waals surface area contributed by atoms with Gasteiger partial charge < -0.3 is 0 Å². The maximum Gasteiger partial charge on any atom is 0.416 e. The summed E-state index contributed by atoms with van der Waals surface area (Å²) in [5.74, 6) is 0. The highest BCUT2D eigenvalue weighted by molar-refractivity contribution is 7.80. The number of aryl methyl sites for hydroxylation is 2. The summed E-state index contributed by atoms with van der Waals surface area (Å²) in [6, 6.07) is 26.9. The summed E-state index contributed by atoms with van der Waals surface area (Å²) in [5, 5.41) is 3.36. The molecule has 0 nitrogen and oxygen atoms in total. The fourth-order valence-electron chi connectivity index (χ4n) is 10.3. The molecule has 0 aliphatic heterocycles. The Morgan fingerprint density at radius 1 is 0.369 bits per heavy atom. The third-order valence-electron chi connectivity index (χ3n) is 12.7. The van der Waals surface area contributed by atoms with Crippen LogP contribution < -0.4 is 31.8 Å². The van der Waals surface area contributed by atoms with Gasteiger partial charge in [0.2, 0.25) is 0 Å². The fourth-order valence-corrected chi connectivity index (χ4v) is 15.5. The van der Waals surface area contributed by atoms with E-state index in [0.717, 1.165) is 92.5 Å². The average Bonchev–Trinajstić information content (AvgIpc) is 3.56. The Balaban J connectivity index is 1.45. The Labute approximate surface area is 371 Å². The number of hydrogen-bond donors (Lipinski definition) is 0. The van der Waals surface area contributed by atoms with E-state index < -0.39 is 79.0 Å². The number of hydrogen-bond acceptors (Lipinski definition) is 0. The zero-order chi connectivity index (χ0) is 47.4. The molecule has 6 aromatic rings. The molecule has 2 aliphatic rings. The van der Waals surface area contributed by atoms with Crippen molar-refractivity contribution < 1.29 is 52.7 Å². The van der Waals surface area contributed by atoms with Gasteiger partial charge >= 0.3 is 24.7 Å². The van der Waals surface area contributed by atoms with E-state index in [1.54, 1.807) is 0 Å². The maximum atomic E-state index is 14.0. The summed E-state index contributed by atoms with van der Waals surface area (Å²) in [6.07, 6.45) is -17.6. The van der Waals surface area contributed by atoms with E-state index in [9.17, 15) is 52.7 Å². The number of benzene rings is 6. The van der Waals surface area contributed by atoms with Crippen molar-refractivity contribution in [1.82, 2.24) is 0 Å². The van der Waals surface area contributed by atoms with Crippen molar-refractivity contribution in [2.24, 2.45) is 0 Å². The Morgan fingerprint density at radius 3 is 0.815 bits per heavy atom. The smallest absolute Gasteiger partial charge is 0.166 e. The molecule has 65 heavy (non-hydrogen) atoms. The van der Waals surface area contributed by atoms with Gasteiger partial charge in [-0.3, -0.25) is 0 Å². The summed E-state index contributed by atoms with van der Waals surface area (Å²) in [7, 11) is -3.71. The Bertz CT molecular complexity index is 2450. The molecule has 0 bridgehead atoms. The lowest BCUT2D eigenvalue weighted by Crippen LogP contribution is -2.37. The lowest BCUT2D eigenvalue weighted by Gasteiger charge is -2.36. The van der Waals surface area contributed by atoms with Crippen molar-refractivity contribution in [2.75, 3.05) is 0 Å². The molecule has 6 aromatic carbocycles. The first kappa shape index (κ1) is 46.9. The van der Waals surface area contributed by atoms with Crippen molar-refractivity contribution in [3.8, 4) is 0 Å². The summed E-state index contributed by atoms with van der Waals surface area (Å²) in [6.45, 7) is 12.2. The minimum atomic E-state index is -4.65. The van der Waals surface area contributed by atoms with Crippen molar-refractivity contribution in [1.29, 1.82) is 0 Å². The SMILES string of the molecule is Cc1cc(P(c2ccc(C(F)(F)F)cc2)c2ccc(C(F)(F)F)cc2)c2c(c1)C(C)(C)CC21CC(C)(C)c2cc(C)cc(P(c3ccc(C(F)(F)F)cc3)c3ccc(C(F)(F)F)cc3)c21. The molecule has 0 atom stereocenters. The van der Waals surface area contributed by atoms with Crippen LogP contribution in [0.5, 0.6) is 0 Å². The largest absolute Gasteiger partial charge is 0.416 e. The third-order valence-corrected chi connectivity index (χ3v) is 17.6. The molecule has 1 spiro atoms. The summed E-state index contributed by atoms with van der Waals surface area (Å²) >= 11 is 0. The quantitative estimate of drug-likeness (QED) is 0.115. The lowest BCUT2D eigenvalue weighted by atomic mass is 9.72. The molecule has 0 heterocycles. The lowest BCUT2D eigenvalue weighted by molar-refractivity contribution is -0.138. The second-order valence-corrected chi connectivity index (χ2v) is 22.8. The van der Waals surface area contributed by atoms with Crippen LogP contribution in [0.25, 0.3) is 0 Å². The zero-order valence-electron chi connectivity index (χ0n) is 35.9. The second kappa shape index (κ2) is 15.7. The third kappa shape index (κ3) is 8.52. The predicted molar refractivity (Wildman–Crippen MR) is 236 cm³/mol. The topological polar surface area (TPSA) is 0 Å². The minimum absolute atomic E-state index is 0.471. The van der Waals surface area contributed by atoms with Gasteiger partial charge in [0.15, 0.2) is 0 Å².